The van der Waals surface area contributed by atoms with E-state index in [0.29, 0.717) is 28.1 Å². The second-order valence-corrected chi connectivity index (χ2v) is 4.37. The maximum absolute atomic E-state index is 12.3. The summed E-state index contributed by atoms with van der Waals surface area (Å²) in [5, 5.41) is 7.05. The van der Waals surface area contributed by atoms with E-state index in [9.17, 15) is 4.79 Å². The van der Waals surface area contributed by atoms with Crippen LogP contribution in [-0.2, 0) is 0 Å². The summed E-state index contributed by atoms with van der Waals surface area (Å²) >= 11 is 0. The molecule has 0 saturated carbocycles. The minimum Gasteiger partial charge on any atom is -0.463 e. The fraction of sp³-hybridized carbons (Fsp3) is 0.133. The zero-order valence-corrected chi connectivity index (χ0v) is 11.2. The highest BCUT2D eigenvalue weighted by molar-refractivity contribution is 6.06. The van der Waals surface area contributed by atoms with Crippen molar-refractivity contribution >= 4 is 17.0 Å². The molecule has 1 amide bonds. The predicted octanol–water partition coefficient (Wildman–Crippen LogP) is 2.15. The summed E-state index contributed by atoms with van der Waals surface area (Å²) in [6, 6.07) is 5.13. The van der Waals surface area contributed by atoms with Gasteiger partial charge in [-0.1, -0.05) is 11.1 Å². The maximum atomic E-state index is 12.3. The second kappa shape index (κ2) is 5.13. The molecule has 0 radical (unpaired) electrons. The van der Waals surface area contributed by atoms with Gasteiger partial charge in [-0.05, 0) is 25.1 Å². The lowest BCUT2D eigenvalue weighted by atomic mass is 10.1. The molecule has 0 aliphatic carbocycles. The summed E-state index contributed by atoms with van der Waals surface area (Å²) in [6.45, 7) is 1.89. The van der Waals surface area contributed by atoms with Gasteiger partial charge in [0.25, 0.3) is 11.6 Å². The smallest absolute Gasteiger partial charge is 0.259 e. The molecule has 0 aliphatic rings. The number of terminal acetylenes is 1. The summed E-state index contributed by atoms with van der Waals surface area (Å²) in [4.78, 5) is 16.6. The van der Waals surface area contributed by atoms with E-state index in [-0.39, 0.29) is 18.2 Å². The van der Waals surface area contributed by atoms with Crippen LogP contribution in [0.4, 0.5) is 0 Å². The highest BCUT2D eigenvalue weighted by atomic mass is 16.5. The van der Waals surface area contributed by atoms with Gasteiger partial charge < -0.3 is 14.3 Å². The van der Waals surface area contributed by atoms with Gasteiger partial charge in [-0.25, -0.2) is 4.98 Å². The van der Waals surface area contributed by atoms with Crippen LogP contribution in [0.25, 0.3) is 22.6 Å². The molecule has 21 heavy (non-hydrogen) atoms. The highest BCUT2D eigenvalue weighted by Gasteiger charge is 2.19. The van der Waals surface area contributed by atoms with Gasteiger partial charge in [0.2, 0.25) is 0 Å². The van der Waals surface area contributed by atoms with E-state index in [1.807, 2.05) is 0 Å². The molecule has 0 fully saturated rings. The minimum absolute atomic E-state index is 0.142. The number of amides is 1. The quantitative estimate of drug-likeness (QED) is 0.744. The number of carbonyl (C=O) groups excluding carboxylic acids is 1. The van der Waals surface area contributed by atoms with Gasteiger partial charge in [0.1, 0.15) is 5.69 Å². The third kappa shape index (κ3) is 2.25. The molecule has 6 nitrogen and oxygen atoms in total. The number of rotatable bonds is 3. The Bertz CT molecular complexity index is 841. The Morgan fingerprint density at radius 3 is 3.10 bits per heavy atom. The van der Waals surface area contributed by atoms with Crippen molar-refractivity contribution in [2.75, 3.05) is 6.54 Å². The third-order valence-electron chi connectivity index (χ3n) is 2.99. The van der Waals surface area contributed by atoms with Crippen LogP contribution < -0.4 is 5.32 Å². The summed E-state index contributed by atoms with van der Waals surface area (Å²) in [7, 11) is 0. The van der Waals surface area contributed by atoms with Crippen LogP contribution in [0.5, 0.6) is 0 Å². The highest BCUT2D eigenvalue weighted by Crippen LogP contribution is 2.27. The Morgan fingerprint density at radius 1 is 1.52 bits per heavy atom. The van der Waals surface area contributed by atoms with Crippen molar-refractivity contribution in [2.45, 2.75) is 6.92 Å². The first-order valence-corrected chi connectivity index (χ1v) is 6.23. The van der Waals surface area contributed by atoms with E-state index in [1.54, 1.807) is 25.1 Å². The summed E-state index contributed by atoms with van der Waals surface area (Å²) in [5.41, 5.74) is 1.77. The Labute approximate surface area is 120 Å². The lowest BCUT2D eigenvalue weighted by molar-refractivity contribution is 0.0960. The van der Waals surface area contributed by atoms with Gasteiger partial charge in [0, 0.05) is 0 Å². The number of hydrogen-bond acceptors (Lipinski definition) is 5. The number of aromatic nitrogens is 2. The molecule has 104 valence electrons. The Morgan fingerprint density at radius 2 is 2.38 bits per heavy atom. The van der Waals surface area contributed by atoms with E-state index in [1.165, 1.54) is 6.26 Å². The second-order valence-electron chi connectivity index (χ2n) is 4.37. The van der Waals surface area contributed by atoms with Gasteiger partial charge in [0.05, 0.1) is 29.5 Å². The summed E-state index contributed by atoms with van der Waals surface area (Å²) in [6.07, 6.45) is 6.69. The standard InChI is InChI=1S/C15H11N3O3/c1-3-6-16-14(19)10-8-11(12-5-4-7-20-12)17-15-13(10)9(2)18-21-15/h1,4-5,7-8H,6H2,2H3,(H,16,19). The molecular formula is C15H11N3O3. The number of pyridine rings is 1. The number of nitrogens with zero attached hydrogens (tertiary/aromatic N) is 2. The zero-order chi connectivity index (χ0) is 14.8. The molecule has 0 atom stereocenters. The number of fused-ring (bicyclic) bond motifs is 1. The van der Waals surface area contributed by atoms with Gasteiger partial charge >= 0.3 is 0 Å². The molecule has 1 N–H and O–H groups in total. The van der Waals surface area contributed by atoms with Crippen LogP contribution in [0.2, 0.25) is 0 Å². The number of aryl methyl sites for hydroxylation is 1. The molecule has 3 rings (SSSR count). The SMILES string of the molecule is C#CCNC(=O)c1cc(-c2ccco2)nc2onc(C)c12. The van der Waals surface area contributed by atoms with Crippen molar-refractivity contribution in [3.63, 3.8) is 0 Å². The van der Waals surface area contributed by atoms with Crippen molar-refractivity contribution < 1.29 is 13.7 Å². The van der Waals surface area contributed by atoms with E-state index >= 15 is 0 Å². The average molecular weight is 281 g/mol. The Hall–Kier alpha value is -3.07. The van der Waals surface area contributed by atoms with Crippen molar-refractivity contribution in [3.8, 4) is 23.8 Å². The normalized spacial score (nSPS) is 10.5. The number of nitrogens with one attached hydrogen (secondary N) is 1. The first-order valence-electron chi connectivity index (χ1n) is 6.23. The molecule has 0 bridgehead atoms. The fourth-order valence-corrected chi connectivity index (χ4v) is 2.05. The van der Waals surface area contributed by atoms with Gasteiger partial charge in [-0.3, -0.25) is 4.79 Å². The molecule has 0 saturated heterocycles. The average Bonchev–Trinajstić information content (AvgIpc) is 3.14. The Kier molecular flexibility index (Phi) is 3.16. The fourth-order valence-electron chi connectivity index (χ4n) is 2.05. The first-order chi connectivity index (χ1) is 10.2. The topological polar surface area (TPSA) is 81.2 Å². The predicted molar refractivity (Wildman–Crippen MR) is 75.4 cm³/mol. The lowest BCUT2D eigenvalue weighted by Gasteiger charge is -2.05. The van der Waals surface area contributed by atoms with Crippen molar-refractivity contribution in [1.29, 1.82) is 0 Å². The van der Waals surface area contributed by atoms with Crippen LogP contribution in [-0.4, -0.2) is 22.6 Å². The molecule has 0 spiro atoms. The molecule has 3 heterocycles. The van der Waals surface area contributed by atoms with E-state index in [2.05, 4.69) is 21.4 Å². The van der Waals surface area contributed by atoms with Gasteiger partial charge in [-0.2, -0.15) is 0 Å². The van der Waals surface area contributed by atoms with Crippen LogP contribution in [0.3, 0.4) is 0 Å². The zero-order valence-electron chi connectivity index (χ0n) is 11.2. The van der Waals surface area contributed by atoms with Gasteiger partial charge in [0.15, 0.2) is 5.76 Å². The van der Waals surface area contributed by atoms with Crippen LogP contribution in [0.1, 0.15) is 16.1 Å². The lowest BCUT2D eigenvalue weighted by Crippen LogP contribution is -2.24. The molecule has 3 aromatic heterocycles. The third-order valence-corrected chi connectivity index (χ3v) is 2.99. The van der Waals surface area contributed by atoms with Crippen LogP contribution >= 0.6 is 0 Å². The van der Waals surface area contributed by atoms with Crippen LogP contribution in [0.15, 0.2) is 33.4 Å². The van der Waals surface area contributed by atoms with Crippen molar-refractivity contribution in [3.05, 3.63) is 35.7 Å². The molecule has 0 aliphatic heterocycles. The Balaban J connectivity index is 2.18. The van der Waals surface area contributed by atoms with Crippen molar-refractivity contribution in [2.24, 2.45) is 0 Å². The minimum atomic E-state index is -0.306. The maximum Gasteiger partial charge on any atom is 0.259 e. The molecule has 6 heteroatoms. The molecular weight excluding hydrogens is 270 g/mol. The van der Waals surface area contributed by atoms with E-state index < -0.39 is 0 Å². The molecule has 3 aromatic rings. The van der Waals surface area contributed by atoms with Gasteiger partial charge in [-0.15, -0.1) is 6.42 Å². The molecule has 0 aromatic carbocycles. The first kappa shape index (κ1) is 12.9. The summed E-state index contributed by atoms with van der Waals surface area (Å²) < 4.78 is 10.5. The monoisotopic (exact) mass is 281 g/mol. The van der Waals surface area contributed by atoms with E-state index in [4.69, 9.17) is 15.4 Å². The van der Waals surface area contributed by atoms with Crippen molar-refractivity contribution in [1.82, 2.24) is 15.5 Å². The summed E-state index contributed by atoms with van der Waals surface area (Å²) in [5.74, 6) is 2.59. The number of carbonyl (C=O) groups is 1. The largest absolute Gasteiger partial charge is 0.463 e. The molecule has 0 unspecified atom stereocenters. The number of hydrogen-bond donors (Lipinski definition) is 1. The van der Waals surface area contributed by atoms with Crippen LogP contribution in [0, 0.1) is 19.3 Å². The number of furan rings is 1. The van der Waals surface area contributed by atoms with E-state index in [0.717, 1.165) is 0 Å².